The van der Waals surface area contributed by atoms with Crippen molar-refractivity contribution in [2.75, 3.05) is 18.2 Å². The maximum atomic E-state index is 12.3. The number of aromatic nitrogens is 1. The Balaban J connectivity index is 1.67. The zero-order valence-electron chi connectivity index (χ0n) is 15.8. The smallest absolute Gasteiger partial charge is 0.241 e. The van der Waals surface area contributed by atoms with Crippen molar-refractivity contribution >= 4 is 48.1 Å². The molecule has 0 aliphatic carbocycles. The van der Waals surface area contributed by atoms with E-state index in [2.05, 4.69) is 26.2 Å². The van der Waals surface area contributed by atoms with Crippen LogP contribution in [0.1, 0.15) is 11.1 Å². The van der Waals surface area contributed by atoms with Gasteiger partial charge in [0.05, 0.1) is 18.6 Å². The van der Waals surface area contributed by atoms with E-state index >= 15 is 0 Å². The number of thiazole rings is 1. The van der Waals surface area contributed by atoms with Crippen LogP contribution in [0.25, 0.3) is 11.3 Å². The van der Waals surface area contributed by atoms with Gasteiger partial charge in [0, 0.05) is 15.4 Å². The van der Waals surface area contributed by atoms with Gasteiger partial charge < -0.3 is 10.1 Å². The molecule has 9 heteroatoms. The number of sulfone groups is 1. The standard InChI is InChI=1S/C20H19BrN2O4S2/c1-13-3-8-18(27-2)16(9-13)17-10-28-20(22-17)23-19(24)12-29(25,26)11-14-4-6-15(21)7-5-14/h3-10H,11-12H2,1-2H3,(H,22,23,24). The van der Waals surface area contributed by atoms with E-state index in [1.807, 2.05) is 25.1 Å². The van der Waals surface area contributed by atoms with Gasteiger partial charge in [0.1, 0.15) is 11.5 Å². The molecule has 29 heavy (non-hydrogen) atoms. The Morgan fingerprint density at radius 1 is 1.21 bits per heavy atom. The lowest BCUT2D eigenvalue weighted by Gasteiger charge is -2.07. The molecule has 1 amide bonds. The SMILES string of the molecule is COc1ccc(C)cc1-c1csc(NC(=O)CS(=O)(=O)Cc2ccc(Br)cc2)n1. The van der Waals surface area contributed by atoms with E-state index in [0.717, 1.165) is 15.6 Å². The summed E-state index contributed by atoms with van der Waals surface area (Å²) in [5.74, 6) is -0.738. The molecular weight excluding hydrogens is 476 g/mol. The van der Waals surface area contributed by atoms with Crippen molar-refractivity contribution in [3.8, 4) is 17.0 Å². The Morgan fingerprint density at radius 3 is 2.62 bits per heavy atom. The highest BCUT2D eigenvalue weighted by molar-refractivity contribution is 9.10. The number of benzene rings is 2. The average Bonchev–Trinajstić information content (AvgIpc) is 3.11. The topological polar surface area (TPSA) is 85.4 Å². The first-order valence-corrected chi connectivity index (χ1v) is 12.1. The van der Waals surface area contributed by atoms with Crippen molar-refractivity contribution in [2.45, 2.75) is 12.7 Å². The lowest BCUT2D eigenvalue weighted by atomic mass is 10.1. The van der Waals surface area contributed by atoms with Crippen LogP contribution < -0.4 is 10.1 Å². The number of halogens is 1. The molecule has 152 valence electrons. The molecule has 3 aromatic rings. The summed E-state index contributed by atoms with van der Waals surface area (Å²) in [4.78, 5) is 16.6. The summed E-state index contributed by atoms with van der Waals surface area (Å²) < 4.78 is 30.9. The van der Waals surface area contributed by atoms with Crippen LogP contribution in [0, 0.1) is 6.92 Å². The number of ether oxygens (including phenoxy) is 1. The first-order valence-electron chi connectivity index (χ1n) is 8.61. The first kappa shape index (κ1) is 21.5. The lowest BCUT2D eigenvalue weighted by Crippen LogP contribution is -2.23. The van der Waals surface area contributed by atoms with Crippen LogP contribution in [0.4, 0.5) is 5.13 Å². The molecule has 0 saturated heterocycles. The third-order valence-corrected chi connectivity index (χ3v) is 6.79. The molecule has 1 N–H and O–H groups in total. The normalized spacial score (nSPS) is 11.3. The quantitative estimate of drug-likeness (QED) is 0.524. The average molecular weight is 495 g/mol. The number of rotatable bonds is 7. The third kappa shape index (κ3) is 5.88. The highest BCUT2D eigenvalue weighted by Crippen LogP contribution is 2.33. The van der Waals surface area contributed by atoms with Crippen molar-refractivity contribution in [1.82, 2.24) is 4.98 Å². The number of carbonyl (C=O) groups is 1. The maximum absolute atomic E-state index is 12.3. The number of nitrogens with zero attached hydrogens (tertiary/aromatic N) is 1. The number of anilines is 1. The van der Waals surface area contributed by atoms with Crippen molar-refractivity contribution in [1.29, 1.82) is 0 Å². The number of amides is 1. The Hall–Kier alpha value is -2.23. The number of hydrogen-bond acceptors (Lipinski definition) is 6. The van der Waals surface area contributed by atoms with Gasteiger partial charge in [-0.3, -0.25) is 4.79 Å². The summed E-state index contributed by atoms with van der Waals surface area (Å²) >= 11 is 4.54. The van der Waals surface area contributed by atoms with E-state index in [9.17, 15) is 13.2 Å². The molecule has 0 spiro atoms. The van der Waals surface area contributed by atoms with Crippen LogP contribution in [0.2, 0.25) is 0 Å². The largest absolute Gasteiger partial charge is 0.496 e. The fourth-order valence-corrected chi connectivity index (χ4v) is 4.98. The molecular formula is C20H19BrN2O4S2. The highest BCUT2D eigenvalue weighted by Gasteiger charge is 2.19. The Kier molecular flexibility index (Phi) is 6.71. The van der Waals surface area contributed by atoms with Gasteiger partial charge in [-0.2, -0.15) is 0 Å². The second-order valence-electron chi connectivity index (χ2n) is 6.45. The van der Waals surface area contributed by atoms with E-state index in [1.165, 1.54) is 11.3 Å². The molecule has 6 nitrogen and oxygen atoms in total. The minimum absolute atomic E-state index is 0.197. The number of aryl methyl sites for hydroxylation is 1. The van der Waals surface area contributed by atoms with E-state index in [0.29, 0.717) is 22.1 Å². The third-order valence-electron chi connectivity index (χ3n) is 4.03. The number of carbonyl (C=O) groups excluding carboxylic acids is 1. The van der Waals surface area contributed by atoms with E-state index in [4.69, 9.17) is 4.74 Å². The van der Waals surface area contributed by atoms with Crippen molar-refractivity contribution < 1.29 is 17.9 Å². The zero-order chi connectivity index (χ0) is 21.0. The van der Waals surface area contributed by atoms with Gasteiger partial charge in [0.15, 0.2) is 15.0 Å². The van der Waals surface area contributed by atoms with Crippen molar-refractivity contribution in [2.24, 2.45) is 0 Å². The fraction of sp³-hybridized carbons (Fsp3) is 0.200. The predicted molar refractivity (Wildman–Crippen MR) is 119 cm³/mol. The lowest BCUT2D eigenvalue weighted by molar-refractivity contribution is -0.113. The molecule has 0 bridgehead atoms. The van der Waals surface area contributed by atoms with E-state index < -0.39 is 21.5 Å². The number of methoxy groups -OCH3 is 1. The summed E-state index contributed by atoms with van der Waals surface area (Å²) in [6.45, 7) is 1.97. The van der Waals surface area contributed by atoms with Crippen molar-refractivity contribution in [3.05, 3.63) is 63.4 Å². The second kappa shape index (κ2) is 9.06. The van der Waals surface area contributed by atoms with Crippen LogP contribution in [0.15, 0.2) is 52.3 Å². The summed E-state index contributed by atoms with van der Waals surface area (Å²) in [7, 11) is -2.02. The summed E-state index contributed by atoms with van der Waals surface area (Å²) in [5, 5.41) is 4.71. The van der Waals surface area contributed by atoms with Gasteiger partial charge >= 0.3 is 0 Å². The van der Waals surface area contributed by atoms with Gasteiger partial charge in [-0.05, 0) is 36.8 Å². The summed E-state index contributed by atoms with van der Waals surface area (Å²) in [6.07, 6.45) is 0. The number of hydrogen-bond donors (Lipinski definition) is 1. The number of nitrogens with one attached hydrogen (secondary N) is 1. The molecule has 0 unspecified atom stereocenters. The molecule has 1 heterocycles. The Bertz CT molecular complexity index is 1130. The summed E-state index contributed by atoms with van der Waals surface area (Å²) in [5.41, 5.74) is 3.15. The minimum Gasteiger partial charge on any atom is -0.496 e. The molecule has 0 aliphatic heterocycles. The molecule has 0 radical (unpaired) electrons. The fourth-order valence-electron chi connectivity index (χ4n) is 2.72. The Morgan fingerprint density at radius 2 is 1.93 bits per heavy atom. The second-order valence-corrected chi connectivity index (χ2v) is 10.3. The molecule has 1 aromatic heterocycles. The van der Waals surface area contributed by atoms with Gasteiger partial charge in [-0.15, -0.1) is 11.3 Å². The van der Waals surface area contributed by atoms with Crippen LogP contribution in [0.3, 0.4) is 0 Å². The summed E-state index contributed by atoms with van der Waals surface area (Å²) in [6, 6.07) is 12.7. The van der Waals surface area contributed by atoms with Crippen LogP contribution >= 0.6 is 27.3 Å². The molecule has 0 fully saturated rings. The monoisotopic (exact) mass is 494 g/mol. The minimum atomic E-state index is -3.60. The maximum Gasteiger partial charge on any atom is 0.241 e. The van der Waals surface area contributed by atoms with Gasteiger partial charge in [-0.25, -0.2) is 13.4 Å². The molecule has 2 aromatic carbocycles. The first-order chi connectivity index (χ1) is 13.8. The van der Waals surface area contributed by atoms with E-state index in [-0.39, 0.29) is 5.75 Å². The Labute approximate surface area is 182 Å². The predicted octanol–water partition coefficient (Wildman–Crippen LogP) is 4.44. The van der Waals surface area contributed by atoms with Crippen LogP contribution in [0.5, 0.6) is 5.75 Å². The van der Waals surface area contributed by atoms with Crippen LogP contribution in [-0.2, 0) is 20.4 Å². The van der Waals surface area contributed by atoms with Gasteiger partial charge in [-0.1, -0.05) is 39.7 Å². The molecule has 3 rings (SSSR count). The zero-order valence-corrected chi connectivity index (χ0v) is 19.0. The molecule has 0 saturated carbocycles. The van der Waals surface area contributed by atoms with Gasteiger partial charge in [0.25, 0.3) is 0 Å². The van der Waals surface area contributed by atoms with E-state index in [1.54, 1.807) is 36.8 Å². The van der Waals surface area contributed by atoms with Crippen LogP contribution in [-0.4, -0.2) is 32.2 Å². The highest BCUT2D eigenvalue weighted by atomic mass is 79.9. The molecule has 0 atom stereocenters. The van der Waals surface area contributed by atoms with Crippen molar-refractivity contribution in [3.63, 3.8) is 0 Å². The van der Waals surface area contributed by atoms with Gasteiger partial charge in [0.2, 0.25) is 5.91 Å². The molecule has 0 aliphatic rings.